The second-order valence-electron chi connectivity index (χ2n) is 7.05. The molecule has 1 atom stereocenters. The number of likely N-dealkylation sites (N-methyl/N-ethyl adjacent to an activating group) is 1. The molecular formula is C19H20F2N6O2. The number of hydrogen-bond donors (Lipinski definition) is 2. The number of anilines is 1. The number of nitrogens with zero attached hydrogens (tertiary/aromatic N) is 4. The van der Waals surface area contributed by atoms with Crippen molar-refractivity contribution in [2.45, 2.75) is 12.1 Å². The van der Waals surface area contributed by atoms with Gasteiger partial charge in [-0.15, -0.1) is 0 Å². The molecule has 1 unspecified atom stereocenters. The number of aromatic nitrogens is 2. The summed E-state index contributed by atoms with van der Waals surface area (Å²) in [4.78, 5) is 35.7. The van der Waals surface area contributed by atoms with Crippen molar-refractivity contribution < 1.29 is 18.4 Å². The molecule has 2 N–H and O–H groups in total. The number of carbonyl (C=O) groups is 2. The van der Waals surface area contributed by atoms with Crippen LogP contribution in [0.15, 0.2) is 30.6 Å². The zero-order valence-corrected chi connectivity index (χ0v) is 15.7. The maximum absolute atomic E-state index is 15.0. The zero-order chi connectivity index (χ0) is 20.5. The zero-order valence-electron chi connectivity index (χ0n) is 15.7. The van der Waals surface area contributed by atoms with Gasteiger partial charge >= 0.3 is 0 Å². The summed E-state index contributed by atoms with van der Waals surface area (Å²) in [6.07, 6.45) is 1.26. The summed E-state index contributed by atoms with van der Waals surface area (Å²) >= 11 is 0. The second kappa shape index (κ2) is 7.70. The minimum Gasteiger partial charge on any atom is -0.353 e. The molecule has 2 saturated heterocycles. The van der Waals surface area contributed by atoms with Crippen molar-refractivity contribution in [3.05, 3.63) is 42.2 Å². The normalized spacial score (nSPS) is 19.5. The van der Waals surface area contributed by atoms with Gasteiger partial charge in [-0.2, -0.15) is 0 Å². The van der Waals surface area contributed by atoms with Crippen LogP contribution in [-0.4, -0.2) is 72.0 Å². The Hall–Kier alpha value is -3.14. The van der Waals surface area contributed by atoms with Crippen molar-refractivity contribution >= 4 is 17.6 Å². The molecule has 2 fully saturated rings. The average molecular weight is 402 g/mol. The van der Waals surface area contributed by atoms with Gasteiger partial charge in [0.1, 0.15) is 17.8 Å². The fourth-order valence-electron chi connectivity index (χ4n) is 3.44. The average Bonchev–Trinajstić information content (AvgIpc) is 2.68. The van der Waals surface area contributed by atoms with Crippen molar-refractivity contribution in [1.29, 1.82) is 0 Å². The van der Waals surface area contributed by atoms with Gasteiger partial charge in [-0.3, -0.25) is 14.9 Å². The minimum atomic E-state index is -0.899. The van der Waals surface area contributed by atoms with Gasteiger partial charge in [0.05, 0.1) is 6.04 Å². The Morgan fingerprint density at radius 3 is 2.59 bits per heavy atom. The molecule has 2 amide bonds. The molecule has 3 heterocycles. The van der Waals surface area contributed by atoms with E-state index in [1.54, 1.807) is 11.9 Å². The topological polar surface area (TPSA) is 90.5 Å². The third-order valence-electron chi connectivity index (χ3n) is 5.23. The highest BCUT2D eigenvalue weighted by molar-refractivity contribution is 6.04. The highest BCUT2D eigenvalue weighted by Crippen LogP contribution is 2.29. The number of piperazine rings is 1. The smallest absolute Gasteiger partial charge is 0.249 e. The number of nitrogens with one attached hydrogen (secondary N) is 2. The lowest BCUT2D eigenvalue weighted by Gasteiger charge is -2.45. The molecule has 0 spiro atoms. The van der Waals surface area contributed by atoms with Crippen LogP contribution >= 0.6 is 0 Å². The van der Waals surface area contributed by atoms with Crippen LogP contribution in [0.2, 0.25) is 0 Å². The Bertz CT molecular complexity index is 933. The van der Waals surface area contributed by atoms with Crippen LogP contribution in [0, 0.1) is 11.6 Å². The van der Waals surface area contributed by atoms with E-state index in [-0.39, 0.29) is 29.4 Å². The van der Waals surface area contributed by atoms with Gasteiger partial charge in [0.25, 0.3) is 0 Å². The van der Waals surface area contributed by atoms with E-state index in [0.29, 0.717) is 31.7 Å². The largest absolute Gasteiger partial charge is 0.353 e. The Balaban J connectivity index is 1.44. The molecule has 10 heteroatoms. The summed E-state index contributed by atoms with van der Waals surface area (Å²) in [6.45, 7) is 1.79. The maximum atomic E-state index is 15.0. The van der Waals surface area contributed by atoms with E-state index in [9.17, 15) is 18.4 Å². The van der Waals surface area contributed by atoms with Crippen molar-refractivity contribution in [2.75, 3.05) is 38.1 Å². The molecule has 2 aromatic rings. The van der Waals surface area contributed by atoms with E-state index in [2.05, 4.69) is 20.6 Å². The molecule has 1 aromatic carbocycles. The van der Waals surface area contributed by atoms with E-state index in [1.807, 2.05) is 0 Å². The molecule has 0 aliphatic carbocycles. The Kier molecular flexibility index (Phi) is 5.10. The van der Waals surface area contributed by atoms with E-state index < -0.39 is 17.7 Å². The van der Waals surface area contributed by atoms with Crippen LogP contribution < -0.4 is 15.5 Å². The van der Waals surface area contributed by atoms with Crippen LogP contribution in [0.3, 0.4) is 0 Å². The van der Waals surface area contributed by atoms with Gasteiger partial charge < -0.3 is 15.1 Å². The highest BCUT2D eigenvalue weighted by Gasteiger charge is 2.39. The Morgan fingerprint density at radius 2 is 1.90 bits per heavy atom. The third kappa shape index (κ3) is 3.63. The molecule has 1 aromatic heterocycles. The van der Waals surface area contributed by atoms with Crippen LogP contribution in [0.1, 0.15) is 0 Å². The predicted octanol–water partition coefficient (Wildman–Crippen LogP) is 0.157. The van der Waals surface area contributed by atoms with Gasteiger partial charge in [-0.25, -0.2) is 18.7 Å². The summed E-state index contributed by atoms with van der Waals surface area (Å²) < 4.78 is 28.1. The first-order valence-electron chi connectivity index (χ1n) is 9.25. The van der Waals surface area contributed by atoms with Crippen LogP contribution in [-0.2, 0) is 9.59 Å². The number of benzene rings is 1. The number of carbonyl (C=O) groups excluding carboxylic acids is 2. The summed E-state index contributed by atoms with van der Waals surface area (Å²) in [6, 6.07) is 4.33. The van der Waals surface area contributed by atoms with Gasteiger partial charge in [-0.1, -0.05) is 0 Å². The van der Waals surface area contributed by atoms with Crippen LogP contribution in [0.4, 0.5) is 14.6 Å². The van der Waals surface area contributed by atoms with E-state index in [1.165, 1.54) is 35.5 Å². The molecule has 0 bridgehead atoms. The Morgan fingerprint density at radius 1 is 1.17 bits per heavy atom. The first kappa shape index (κ1) is 19.2. The first-order valence-corrected chi connectivity index (χ1v) is 9.25. The molecule has 0 radical (unpaired) electrons. The van der Waals surface area contributed by atoms with Gasteiger partial charge in [0, 0.05) is 38.8 Å². The lowest BCUT2D eigenvalue weighted by molar-refractivity contribution is -0.141. The Labute approximate surface area is 165 Å². The summed E-state index contributed by atoms with van der Waals surface area (Å²) in [5.74, 6) is -1.54. The van der Waals surface area contributed by atoms with E-state index in [0.717, 1.165) is 0 Å². The molecule has 2 aliphatic heterocycles. The molecular weight excluding hydrogens is 382 g/mol. The molecule has 29 heavy (non-hydrogen) atoms. The van der Waals surface area contributed by atoms with Crippen LogP contribution in [0.25, 0.3) is 11.3 Å². The molecule has 4 rings (SSSR count). The second-order valence-corrected chi connectivity index (χ2v) is 7.05. The molecule has 0 saturated carbocycles. The molecule has 8 nitrogen and oxygen atoms in total. The quantitative estimate of drug-likeness (QED) is 0.708. The van der Waals surface area contributed by atoms with Crippen molar-refractivity contribution in [3.8, 4) is 11.3 Å². The maximum Gasteiger partial charge on any atom is 0.249 e. The first-order chi connectivity index (χ1) is 14.0. The number of amides is 2. The molecule has 152 valence electrons. The lowest BCUT2D eigenvalue weighted by Crippen LogP contribution is -2.66. The fourth-order valence-corrected chi connectivity index (χ4v) is 3.44. The standard InChI is InChI=1S/C19H20F2N6O2/c1-26(19(29)16-18(28)23-7-6-22-16)13-8-27(9-13)17-14(21)15(24-10-25-17)11-2-4-12(20)5-3-11/h2-5,10,13,16,22H,6-9H2,1H3,(H,23,28). The summed E-state index contributed by atoms with van der Waals surface area (Å²) in [5.41, 5.74) is 0.539. The van der Waals surface area contributed by atoms with Crippen molar-refractivity contribution in [1.82, 2.24) is 25.5 Å². The fraction of sp³-hybridized carbons (Fsp3) is 0.368. The van der Waals surface area contributed by atoms with Gasteiger partial charge in [0.2, 0.25) is 11.8 Å². The third-order valence-corrected chi connectivity index (χ3v) is 5.23. The minimum absolute atomic E-state index is 0.0888. The molecule has 2 aliphatic rings. The number of hydrogen-bond acceptors (Lipinski definition) is 6. The summed E-state index contributed by atoms with van der Waals surface area (Å²) in [5, 5.41) is 5.57. The predicted molar refractivity (Wildman–Crippen MR) is 101 cm³/mol. The van der Waals surface area contributed by atoms with E-state index >= 15 is 0 Å². The monoisotopic (exact) mass is 402 g/mol. The number of halogens is 2. The van der Waals surface area contributed by atoms with Crippen LogP contribution in [0.5, 0.6) is 0 Å². The SMILES string of the molecule is CN(C(=O)C1NCCNC1=O)C1CN(c2ncnc(-c3ccc(F)cc3)c2F)C1. The number of rotatable bonds is 4. The summed E-state index contributed by atoms with van der Waals surface area (Å²) in [7, 11) is 1.63. The van der Waals surface area contributed by atoms with E-state index in [4.69, 9.17) is 0 Å². The van der Waals surface area contributed by atoms with Gasteiger partial charge in [-0.05, 0) is 24.3 Å². The highest BCUT2D eigenvalue weighted by atomic mass is 19.1. The van der Waals surface area contributed by atoms with Crippen molar-refractivity contribution in [3.63, 3.8) is 0 Å². The lowest BCUT2D eigenvalue weighted by atomic mass is 10.0. The van der Waals surface area contributed by atoms with Crippen molar-refractivity contribution in [2.24, 2.45) is 0 Å². The van der Waals surface area contributed by atoms with Gasteiger partial charge in [0.15, 0.2) is 17.7 Å².